The van der Waals surface area contributed by atoms with Gasteiger partial charge in [0.1, 0.15) is 6.61 Å². The average molecular weight is 386 g/mol. The van der Waals surface area contributed by atoms with Gasteiger partial charge in [-0.1, -0.05) is 0 Å². The summed E-state index contributed by atoms with van der Waals surface area (Å²) in [5.41, 5.74) is 1.51. The van der Waals surface area contributed by atoms with Gasteiger partial charge in [-0.2, -0.15) is 4.98 Å². The summed E-state index contributed by atoms with van der Waals surface area (Å²) < 4.78 is 34.5. The number of likely N-dealkylation sites (N-methyl/N-ethyl adjacent to an activating group) is 1. The molecule has 1 aliphatic rings. The molecule has 1 atom stereocenters. The first-order chi connectivity index (χ1) is 13.4. The fourth-order valence-corrected chi connectivity index (χ4v) is 3.03. The van der Waals surface area contributed by atoms with Crippen molar-refractivity contribution in [3.8, 4) is 11.4 Å². The number of fused-ring (bicyclic) bond motifs is 1. The Kier molecular flexibility index (Phi) is 4.58. The van der Waals surface area contributed by atoms with Crippen LogP contribution in [0.2, 0.25) is 0 Å². The van der Waals surface area contributed by atoms with Gasteiger partial charge in [0.2, 0.25) is 5.95 Å². The molecule has 3 aromatic rings. The van der Waals surface area contributed by atoms with Gasteiger partial charge < -0.3 is 19.5 Å². The van der Waals surface area contributed by atoms with E-state index in [0.717, 1.165) is 5.69 Å². The molecule has 28 heavy (non-hydrogen) atoms. The molecule has 1 N–H and O–H groups in total. The number of ether oxygens (including phenoxy) is 1. The molecule has 1 unspecified atom stereocenters. The number of imidazole rings is 1. The fraction of sp³-hybridized carbons (Fsp3) is 0.316. The topological polar surface area (TPSA) is 68.1 Å². The molecule has 2 aromatic heterocycles. The lowest BCUT2D eigenvalue weighted by atomic mass is 10.1. The van der Waals surface area contributed by atoms with Crippen LogP contribution in [0.15, 0.2) is 36.9 Å². The highest BCUT2D eigenvalue weighted by Gasteiger charge is 2.23. The van der Waals surface area contributed by atoms with Gasteiger partial charge in [0.15, 0.2) is 11.6 Å². The van der Waals surface area contributed by atoms with E-state index >= 15 is 0 Å². The van der Waals surface area contributed by atoms with Crippen LogP contribution in [0.5, 0.6) is 5.75 Å². The Morgan fingerprint density at radius 1 is 1.29 bits per heavy atom. The lowest BCUT2D eigenvalue weighted by Gasteiger charge is -2.32. The van der Waals surface area contributed by atoms with Crippen molar-refractivity contribution in [3.63, 3.8) is 0 Å². The maximum atomic E-state index is 13.6. The van der Waals surface area contributed by atoms with Gasteiger partial charge in [0, 0.05) is 24.5 Å². The maximum Gasteiger partial charge on any atom is 0.265 e. The summed E-state index contributed by atoms with van der Waals surface area (Å²) in [5.74, 6) is 1.58. The van der Waals surface area contributed by atoms with Gasteiger partial charge in [-0.05, 0) is 32.0 Å². The van der Waals surface area contributed by atoms with Gasteiger partial charge in [-0.25, -0.2) is 18.7 Å². The van der Waals surface area contributed by atoms with Gasteiger partial charge in [-0.15, -0.1) is 0 Å². The molecule has 1 aliphatic heterocycles. The molecule has 0 fully saturated rings. The molecular weight excluding hydrogens is 366 g/mol. The number of rotatable bonds is 4. The number of alkyl halides is 2. The van der Waals surface area contributed by atoms with Gasteiger partial charge >= 0.3 is 0 Å². The van der Waals surface area contributed by atoms with Gasteiger partial charge in [0.05, 0.1) is 29.9 Å². The number of halogens is 2. The van der Waals surface area contributed by atoms with Crippen molar-refractivity contribution in [1.29, 1.82) is 0 Å². The third-order valence-electron chi connectivity index (χ3n) is 4.72. The van der Waals surface area contributed by atoms with E-state index in [9.17, 15) is 8.78 Å². The molecule has 0 aliphatic carbocycles. The van der Waals surface area contributed by atoms with E-state index < -0.39 is 6.43 Å². The van der Waals surface area contributed by atoms with Crippen LogP contribution >= 0.6 is 0 Å². The quantitative estimate of drug-likeness (QED) is 0.734. The zero-order valence-electron chi connectivity index (χ0n) is 15.7. The number of hydrogen-bond donors (Lipinski definition) is 1. The van der Waals surface area contributed by atoms with Crippen molar-refractivity contribution in [3.05, 3.63) is 48.2 Å². The molecule has 9 heteroatoms. The van der Waals surface area contributed by atoms with Crippen LogP contribution in [-0.2, 0) is 0 Å². The number of nitrogens with zero attached hydrogens (tertiary/aromatic N) is 5. The Bertz CT molecular complexity index is 1010. The number of anilines is 3. The summed E-state index contributed by atoms with van der Waals surface area (Å²) >= 11 is 0. The molecule has 7 nitrogen and oxygen atoms in total. The highest BCUT2D eigenvalue weighted by Crippen LogP contribution is 2.33. The van der Waals surface area contributed by atoms with Crippen molar-refractivity contribution in [2.24, 2.45) is 0 Å². The van der Waals surface area contributed by atoms with Gasteiger partial charge in [-0.3, -0.25) is 0 Å². The maximum absolute atomic E-state index is 13.6. The number of nitrogens with one attached hydrogen (secondary N) is 1. The smallest absolute Gasteiger partial charge is 0.265 e. The lowest BCUT2D eigenvalue weighted by molar-refractivity contribution is 0.151. The lowest BCUT2D eigenvalue weighted by Crippen LogP contribution is -2.38. The van der Waals surface area contributed by atoms with Crippen LogP contribution in [0, 0.1) is 6.92 Å². The first kappa shape index (κ1) is 18.1. The summed E-state index contributed by atoms with van der Waals surface area (Å²) in [4.78, 5) is 14.8. The normalized spacial score (nSPS) is 16.1. The van der Waals surface area contributed by atoms with Crippen LogP contribution in [0.1, 0.15) is 24.6 Å². The number of benzene rings is 1. The minimum Gasteiger partial charge on any atom is -0.486 e. The molecule has 0 saturated carbocycles. The standard InChI is InChI=1S/C19H20F2N6O/c1-11-8-27(10-23-11)15-5-4-13(6-14(15)17(20)21)24-19-22-7-16-18(25-19)26(3)12(2)9-28-16/h4-8,10,12,17H,9H2,1-3H3,(H,22,24,25). The summed E-state index contributed by atoms with van der Waals surface area (Å²) in [5, 5.41) is 3.01. The molecular formula is C19H20F2N6O. The predicted octanol–water partition coefficient (Wildman–Crippen LogP) is 3.87. The van der Waals surface area contributed by atoms with Gasteiger partial charge in [0.25, 0.3) is 6.43 Å². The molecule has 0 bridgehead atoms. The first-order valence-corrected chi connectivity index (χ1v) is 8.85. The van der Waals surface area contributed by atoms with Crippen LogP contribution in [-0.4, -0.2) is 39.2 Å². The van der Waals surface area contributed by atoms with E-state index in [1.54, 1.807) is 29.1 Å². The van der Waals surface area contributed by atoms with Crippen molar-refractivity contribution in [2.75, 3.05) is 23.9 Å². The molecule has 0 saturated heterocycles. The van der Waals surface area contributed by atoms with Crippen molar-refractivity contribution < 1.29 is 13.5 Å². The van der Waals surface area contributed by atoms with E-state index in [2.05, 4.69) is 20.3 Å². The van der Waals surface area contributed by atoms with E-state index in [1.165, 1.54) is 12.4 Å². The summed E-state index contributed by atoms with van der Waals surface area (Å²) in [7, 11) is 1.93. The SMILES string of the molecule is Cc1cn(-c2ccc(Nc3ncc4c(n3)N(C)C(C)CO4)cc2C(F)F)cn1. The Hall–Kier alpha value is -3.23. The number of hydrogen-bond acceptors (Lipinski definition) is 6. The second kappa shape index (κ2) is 7.06. The Morgan fingerprint density at radius 3 is 2.82 bits per heavy atom. The third-order valence-corrected chi connectivity index (χ3v) is 4.72. The summed E-state index contributed by atoms with van der Waals surface area (Å²) in [6, 6.07) is 4.92. The molecule has 3 heterocycles. The monoisotopic (exact) mass is 386 g/mol. The molecule has 4 rings (SSSR count). The fourth-order valence-electron chi connectivity index (χ4n) is 3.03. The van der Waals surface area contributed by atoms with Crippen molar-refractivity contribution >= 4 is 17.5 Å². The third kappa shape index (κ3) is 3.35. The minimum atomic E-state index is -2.63. The van der Waals surface area contributed by atoms with E-state index in [-0.39, 0.29) is 11.6 Å². The molecule has 146 valence electrons. The molecule has 1 aromatic carbocycles. The Morgan fingerprint density at radius 2 is 2.11 bits per heavy atom. The van der Waals surface area contributed by atoms with Crippen molar-refractivity contribution in [1.82, 2.24) is 19.5 Å². The van der Waals surface area contributed by atoms with Crippen molar-refractivity contribution in [2.45, 2.75) is 26.3 Å². The Balaban J connectivity index is 1.65. The summed E-state index contributed by atoms with van der Waals surface area (Å²) in [6.07, 6.45) is 2.18. The van der Waals surface area contributed by atoms with Crippen LogP contribution in [0.3, 0.4) is 0 Å². The molecule has 0 radical (unpaired) electrons. The van der Waals surface area contributed by atoms with E-state index in [1.807, 2.05) is 25.8 Å². The highest BCUT2D eigenvalue weighted by atomic mass is 19.3. The average Bonchev–Trinajstić information content (AvgIpc) is 3.11. The van der Waals surface area contributed by atoms with E-state index in [4.69, 9.17) is 4.74 Å². The summed E-state index contributed by atoms with van der Waals surface area (Å²) in [6.45, 7) is 4.40. The number of aromatic nitrogens is 4. The van der Waals surface area contributed by atoms with E-state index in [0.29, 0.717) is 35.5 Å². The van der Waals surface area contributed by atoms with Crippen LogP contribution in [0.4, 0.5) is 26.2 Å². The zero-order valence-corrected chi connectivity index (χ0v) is 15.7. The molecule has 0 spiro atoms. The second-order valence-electron chi connectivity index (χ2n) is 6.77. The van der Waals surface area contributed by atoms with Crippen LogP contribution < -0.4 is 15.0 Å². The largest absolute Gasteiger partial charge is 0.486 e. The number of aryl methyl sites for hydroxylation is 1. The highest BCUT2D eigenvalue weighted by molar-refractivity contribution is 5.62. The first-order valence-electron chi connectivity index (χ1n) is 8.85. The van der Waals surface area contributed by atoms with Crippen LogP contribution in [0.25, 0.3) is 5.69 Å². The zero-order chi connectivity index (χ0) is 19.8. The second-order valence-corrected chi connectivity index (χ2v) is 6.77. The minimum absolute atomic E-state index is 0.102. The Labute approximate surface area is 161 Å². The molecule has 0 amide bonds. The predicted molar refractivity (Wildman–Crippen MR) is 102 cm³/mol.